The van der Waals surface area contributed by atoms with Crippen molar-refractivity contribution in [1.82, 2.24) is 19.6 Å². The molecular weight excluding hydrogens is 398 g/mol. The number of anilines is 1. The molecular formula is C22H35N5O4. The normalized spacial score (nSPS) is 26.4. The van der Waals surface area contributed by atoms with E-state index in [0.29, 0.717) is 19.1 Å². The molecule has 2 heterocycles. The molecule has 3 rings (SSSR count). The summed E-state index contributed by atoms with van der Waals surface area (Å²) in [5.41, 5.74) is 7.93. The molecule has 0 saturated carbocycles. The van der Waals surface area contributed by atoms with E-state index in [4.69, 9.17) is 10.5 Å². The van der Waals surface area contributed by atoms with Crippen molar-refractivity contribution in [3.8, 4) is 0 Å². The van der Waals surface area contributed by atoms with Crippen LogP contribution in [0.5, 0.6) is 0 Å². The Morgan fingerprint density at radius 3 is 2.03 bits per heavy atom. The largest absolute Gasteiger partial charge is 0.480 e. The van der Waals surface area contributed by atoms with E-state index < -0.39 is 5.97 Å². The number of carboxylic acids is 1. The van der Waals surface area contributed by atoms with Gasteiger partial charge >= 0.3 is 5.97 Å². The van der Waals surface area contributed by atoms with Gasteiger partial charge in [-0.2, -0.15) is 0 Å². The van der Waals surface area contributed by atoms with Crippen molar-refractivity contribution >= 4 is 18.1 Å². The van der Waals surface area contributed by atoms with Crippen LogP contribution in [0.2, 0.25) is 0 Å². The van der Waals surface area contributed by atoms with Crippen molar-refractivity contribution in [1.29, 1.82) is 0 Å². The molecule has 2 bridgehead atoms. The van der Waals surface area contributed by atoms with Crippen LogP contribution in [0.4, 0.5) is 5.69 Å². The number of aliphatic carboxylic acids is 1. The van der Waals surface area contributed by atoms with Crippen LogP contribution in [-0.4, -0.2) is 116 Å². The summed E-state index contributed by atoms with van der Waals surface area (Å²) in [6, 6.07) is 8.15. The number of rotatable bonds is 7. The summed E-state index contributed by atoms with van der Waals surface area (Å²) in [5, 5.41) is 9.27. The van der Waals surface area contributed by atoms with Crippen molar-refractivity contribution in [3.63, 3.8) is 0 Å². The molecule has 2 aliphatic heterocycles. The number of nitrogens with zero attached hydrogens (tertiary/aromatic N) is 4. The van der Waals surface area contributed by atoms with E-state index >= 15 is 0 Å². The van der Waals surface area contributed by atoms with Crippen LogP contribution in [0.25, 0.3) is 0 Å². The lowest BCUT2D eigenvalue weighted by Gasteiger charge is -2.39. The number of carbonyl (C=O) groups is 2. The number of ether oxygens (including phenoxy) is 1. The lowest BCUT2D eigenvalue weighted by Crippen LogP contribution is -2.52. The molecule has 0 aliphatic carbocycles. The van der Waals surface area contributed by atoms with Gasteiger partial charge in [-0.3, -0.25) is 19.4 Å². The van der Waals surface area contributed by atoms with Gasteiger partial charge in [-0.15, -0.1) is 0 Å². The van der Waals surface area contributed by atoms with Crippen molar-refractivity contribution in [2.24, 2.45) is 5.92 Å². The van der Waals surface area contributed by atoms with Crippen molar-refractivity contribution in [2.45, 2.75) is 6.42 Å². The van der Waals surface area contributed by atoms with Crippen molar-refractivity contribution in [2.75, 3.05) is 84.5 Å². The monoisotopic (exact) mass is 433 g/mol. The van der Waals surface area contributed by atoms with Crippen LogP contribution in [0, 0.1) is 5.92 Å². The number of fused-ring (bicyclic) bond motifs is 4. The Kier molecular flexibility index (Phi) is 9.08. The predicted molar refractivity (Wildman–Crippen MR) is 119 cm³/mol. The Labute approximate surface area is 184 Å². The zero-order chi connectivity index (χ0) is 22.1. The molecule has 9 nitrogen and oxygen atoms in total. The number of benzene rings is 1. The maximum absolute atomic E-state index is 11.3. The third-order valence-corrected chi connectivity index (χ3v) is 6.15. The number of nitrogen functional groups attached to an aromatic ring is 1. The average molecular weight is 434 g/mol. The van der Waals surface area contributed by atoms with E-state index in [9.17, 15) is 14.7 Å². The zero-order valence-electron chi connectivity index (χ0n) is 18.2. The van der Waals surface area contributed by atoms with Crippen molar-refractivity contribution < 1.29 is 19.4 Å². The van der Waals surface area contributed by atoms with Gasteiger partial charge in [0, 0.05) is 71.1 Å². The van der Waals surface area contributed by atoms with Gasteiger partial charge in [0.2, 0.25) is 0 Å². The van der Waals surface area contributed by atoms with Crippen LogP contribution in [0.3, 0.4) is 0 Å². The maximum Gasteiger partial charge on any atom is 0.317 e. The first-order valence-electron chi connectivity index (χ1n) is 11.0. The quantitative estimate of drug-likeness (QED) is 0.450. The van der Waals surface area contributed by atoms with Gasteiger partial charge in [-0.1, -0.05) is 12.1 Å². The van der Waals surface area contributed by atoms with Crippen LogP contribution in [0.15, 0.2) is 24.3 Å². The second-order valence-corrected chi connectivity index (χ2v) is 8.59. The third-order valence-electron chi connectivity index (χ3n) is 6.15. The van der Waals surface area contributed by atoms with Gasteiger partial charge < -0.3 is 25.4 Å². The van der Waals surface area contributed by atoms with Crippen LogP contribution >= 0.6 is 0 Å². The molecule has 1 aromatic carbocycles. The fourth-order valence-electron chi connectivity index (χ4n) is 4.46. The van der Waals surface area contributed by atoms with Crippen LogP contribution < -0.4 is 5.73 Å². The topological polar surface area (TPSA) is 103 Å². The summed E-state index contributed by atoms with van der Waals surface area (Å²) >= 11 is 0. The first kappa shape index (κ1) is 23.5. The molecule has 9 heteroatoms. The Morgan fingerprint density at radius 2 is 1.52 bits per heavy atom. The third kappa shape index (κ3) is 8.10. The molecule has 2 saturated heterocycles. The first-order valence-corrected chi connectivity index (χ1v) is 11.0. The highest BCUT2D eigenvalue weighted by atomic mass is 16.5. The summed E-state index contributed by atoms with van der Waals surface area (Å²) < 4.78 is 5.01. The molecule has 2 atom stereocenters. The number of hydrogen-bond donors (Lipinski definition) is 2. The van der Waals surface area contributed by atoms with Gasteiger partial charge in [0.15, 0.2) is 0 Å². The summed E-state index contributed by atoms with van der Waals surface area (Å²) in [5.74, 6) is -0.298. The van der Waals surface area contributed by atoms with Gasteiger partial charge in [0.05, 0.1) is 6.54 Å². The van der Waals surface area contributed by atoms with E-state index in [1.54, 1.807) is 0 Å². The van der Waals surface area contributed by atoms with Gasteiger partial charge in [0.25, 0.3) is 6.47 Å². The standard InChI is InChI=1S/C22H35N5O4/c23-21-3-1-19(2-4-21)13-20-14-24-5-7-26(16-22(29)30)8-6-25(15-20)10-12-27(11-9-24)17-31-18-28/h1-4,18,20H,5-17,23H2,(H,29,30). The van der Waals surface area contributed by atoms with Crippen LogP contribution in [-0.2, 0) is 20.7 Å². The first-order chi connectivity index (χ1) is 15.0. The molecule has 31 heavy (non-hydrogen) atoms. The minimum absolute atomic E-state index is 0.0792. The molecule has 2 fully saturated rings. The zero-order valence-corrected chi connectivity index (χ0v) is 18.2. The molecule has 3 N–H and O–H groups in total. The number of nitrogens with two attached hydrogens (primary N) is 1. The Hall–Kier alpha value is -2.20. The SMILES string of the molecule is Nc1ccc(CC2CN3CCN(COC=O)CCN(CCN(CC(=O)O)CC3)C2)cc1. The lowest BCUT2D eigenvalue weighted by atomic mass is 9.97. The van der Waals surface area contributed by atoms with Crippen molar-refractivity contribution in [3.05, 3.63) is 29.8 Å². The summed E-state index contributed by atoms with van der Waals surface area (Å²) in [6.45, 7) is 9.27. The average Bonchev–Trinajstić information content (AvgIpc) is 2.74. The summed E-state index contributed by atoms with van der Waals surface area (Å²) in [6.07, 6.45) is 0.990. The van der Waals surface area contributed by atoms with E-state index in [1.807, 2.05) is 17.0 Å². The Balaban J connectivity index is 1.74. The highest BCUT2D eigenvalue weighted by Gasteiger charge is 2.25. The molecule has 0 radical (unpaired) electrons. The molecule has 2 unspecified atom stereocenters. The second kappa shape index (κ2) is 12.0. The molecule has 1 aromatic rings. The number of carbonyl (C=O) groups excluding carboxylic acids is 1. The molecule has 0 spiro atoms. The van der Waals surface area contributed by atoms with Crippen LogP contribution in [0.1, 0.15) is 5.56 Å². The highest BCUT2D eigenvalue weighted by molar-refractivity contribution is 5.69. The Morgan fingerprint density at radius 1 is 0.968 bits per heavy atom. The predicted octanol–water partition coefficient (Wildman–Crippen LogP) is -0.122. The summed E-state index contributed by atoms with van der Waals surface area (Å²) in [7, 11) is 0. The van der Waals surface area contributed by atoms with Gasteiger partial charge in [-0.05, 0) is 30.0 Å². The minimum atomic E-state index is -0.777. The van der Waals surface area contributed by atoms with Gasteiger partial charge in [0.1, 0.15) is 6.73 Å². The van der Waals surface area contributed by atoms with Gasteiger partial charge in [-0.25, -0.2) is 0 Å². The Bertz CT molecular complexity index is 680. The summed E-state index contributed by atoms with van der Waals surface area (Å²) in [4.78, 5) is 31.0. The molecule has 2 aliphatic rings. The maximum atomic E-state index is 11.3. The van der Waals surface area contributed by atoms with E-state index in [-0.39, 0.29) is 6.54 Å². The second-order valence-electron chi connectivity index (χ2n) is 8.59. The van der Waals surface area contributed by atoms with E-state index in [0.717, 1.165) is 77.6 Å². The molecule has 172 valence electrons. The number of hydrogen-bond acceptors (Lipinski definition) is 8. The molecule has 0 aromatic heterocycles. The minimum Gasteiger partial charge on any atom is -0.480 e. The smallest absolute Gasteiger partial charge is 0.317 e. The highest BCUT2D eigenvalue weighted by Crippen LogP contribution is 2.16. The van der Waals surface area contributed by atoms with E-state index in [1.165, 1.54) is 5.56 Å². The fraction of sp³-hybridized carbons (Fsp3) is 0.636. The fourth-order valence-corrected chi connectivity index (χ4v) is 4.46. The van der Waals surface area contributed by atoms with E-state index in [2.05, 4.69) is 26.8 Å². The molecule has 0 amide bonds. The lowest BCUT2D eigenvalue weighted by molar-refractivity contribution is -0.138. The number of carboxylic acid groups (broad SMARTS) is 1.